The number of hydrogen-bond donors (Lipinski definition) is 2. The summed E-state index contributed by atoms with van der Waals surface area (Å²) in [6, 6.07) is 17.9. The molecule has 2 N–H and O–H groups in total. The Morgan fingerprint density at radius 1 is 1.07 bits per heavy atom. The van der Waals surface area contributed by atoms with E-state index in [0.29, 0.717) is 26.2 Å². The number of ether oxygens (including phenoxy) is 1. The van der Waals surface area contributed by atoms with Gasteiger partial charge in [0, 0.05) is 13.1 Å². The maximum atomic E-state index is 12.7. The highest BCUT2D eigenvalue weighted by atomic mass is 32.1. The van der Waals surface area contributed by atoms with E-state index in [0.717, 1.165) is 21.6 Å². The average Bonchev–Trinajstić information content (AvgIpc) is 3.15. The number of para-hydroxylation sites is 1. The molecule has 1 aromatic heterocycles. The molecule has 0 bridgehead atoms. The van der Waals surface area contributed by atoms with Crippen LogP contribution < -0.4 is 5.32 Å². The van der Waals surface area contributed by atoms with Gasteiger partial charge in [0.05, 0.1) is 36.6 Å². The number of amides is 2. The Morgan fingerprint density at radius 2 is 1.86 bits per heavy atom. The summed E-state index contributed by atoms with van der Waals surface area (Å²) in [5.74, 6) is 0. The van der Waals surface area contributed by atoms with Gasteiger partial charge in [0.1, 0.15) is 5.01 Å². The molecule has 0 radical (unpaired) electrons. The summed E-state index contributed by atoms with van der Waals surface area (Å²) in [7, 11) is 0. The zero-order chi connectivity index (χ0) is 19.6. The second-order valence-corrected chi connectivity index (χ2v) is 7.41. The number of carbonyl (C=O) groups excluding carboxylic acids is 1. The van der Waals surface area contributed by atoms with Crippen molar-refractivity contribution in [3.05, 3.63) is 65.2 Å². The number of benzene rings is 2. The lowest BCUT2D eigenvalue weighted by molar-refractivity contribution is 0.0788. The van der Waals surface area contributed by atoms with Crippen molar-refractivity contribution in [1.29, 1.82) is 0 Å². The first-order valence-corrected chi connectivity index (χ1v) is 10.2. The topological polar surface area (TPSA) is 74.7 Å². The van der Waals surface area contributed by atoms with Gasteiger partial charge in [0.2, 0.25) is 0 Å². The van der Waals surface area contributed by atoms with Gasteiger partial charge >= 0.3 is 6.03 Å². The standard InChI is InChI=1S/C21H25N3O3S/c25-13-15-27-14-12-24(11-10-17-6-2-1-3-7-17)21(26)22-16-20-23-18-8-4-5-9-19(18)28-20/h1-9,25H,10-16H2,(H,22,26). The highest BCUT2D eigenvalue weighted by Gasteiger charge is 2.14. The fraction of sp³-hybridized carbons (Fsp3) is 0.333. The highest BCUT2D eigenvalue weighted by Crippen LogP contribution is 2.21. The van der Waals surface area contributed by atoms with Gasteiger partial charge < -0.3 is 20.1 Å². The Bertz CT molecular complexity index is 836. The number of nitrogens with zero attached hydrogens (tertiary/aromatic N) is 2. The van der Waals surface area contributed by atoms with Crippen LogP contribution in [0.2, 0.25) is 0 Å². The van der Waals surface area contributed by atoms with Crippen molar-refractivity contribution in [2.24, 2.45) is 0 Å². The van der Waals surface area contributed by atoms with Crippen LogP contribution in [-0.2, 0) is 17.7 Å². The van der Waals surface area contributed by atoms with Crippen LogP contribution in [0.15, 0.2) is 54.6 Å². The van der Waals surface area contributed by atoms with E-state index in [-0.39, 0.29) is 19.2 Å². The van der Waals surface area contributed by atoms with Gasteiger partial charge in [-0.25, -0.2) is 9.78 Å². The summed E-state index contributed by atoms with van der Waals surface area (Å²) in [6.07, 6.45) is 0.773. The van der Waals surface area contributed by atoms with Crippen molar-refractivity contribution in [3.8, 4) is 0 Å². The van der Waals surface area contributed by atoms with Crippen molar-refractivity contribution in [2.75, 3.05) is 32.9 Å². The van der Waals surface area contributed by atoms with Crippen LogP contribution in [-0.4, -0.2) is 53.9 Å². The van der Waals surface area contributed by atoms with Crippen molar-refractivity contribution < 1.29 is 14.6 Å². The summed E-state index contributed by atoms with van der Waals surface area (Å²) in [5, 5.41) is 12.7. The molecule has 2 amide bonds. The number of nitrogens with one attached hydrogen (secondary N) is 1. The average molecular weight is 400 g/mol. The number of aromatic nitrogens is 1. The third kappa shape index (κ3) is 6.02. The van der Waals surface area contributed by atoms with Crippen molar-refractivity contribution in [2.45, 2.75) is 13.0 Å². The number of urea groups is 1. The lowest BCUT2D eigenvalue weighted by Gasteiger charge is -2.23. The molecular weight excluding hydrogens is 374 g/mol. The fourth-order valence-electron chi connectivity index (χ4n) is 2.82. The molecule has 6 nitrogen and oxygen atoms in total. The van der Waals surface area contributed by atoms with E-state index in [4.69, 9.17) is 9.84 Å². The molecule has 0 spiro atoms. The third-order valence-corrected chi connectivity index (χ3v) is 5.31. The SMILES string of the molecule is O=C(NCc1nc2ccccc2s1)N(CCOCCO)CCc1ccccc1. The number of carbonyl (C=O) groups is 1. The van der Waals surface area contributed by atoms with Crippen LogP contribution in [0.3, 0.4) is 0 Å². The number of aliphatic hydroxyl groups is 1. The van der Waals surface area contributed by atoms with Crippen LogP contribution in [0, 0.1) is 0 Å². The van der Waals surface area contributed by atoms with Crippen LogP contribution >= 0.6 is 11.3 Å². The van der Waals surface area contributed by atoms with E-state index in [9.17, 15) is 4.79 Å². The molecule has 0 aliphatic carbocycles. The van der Waals surface area contributed by atoms with Gasteiger partial charge in [0.15, 0.2) is 0 Å². The summed E-state index contributed by atoms with van der Waals surface area (Å²) in [6.45, 7) is 2.12. The molecule has 7 heteroatoms. The van der Waals surface area contributed by atoms with E-state index in [2.05, 4.69) is 22.4 Å². The normalized spacial score (nSPS) is 10.9. The lowest BCUT2D eigenvalue weighted by Crippen LogP contribution is -2.42. The maximum Gasteiger partial charge on any atom is 0.317 e. The molecule has 3 aromatic rings. The molecule has 0 unspecified atom stereocenters. The minimum Gasteiger partial charge on any atom is -0.394 e. The predicted molar refractivity (Wildman–Crippen MR) is 111 cm³/mol. The summed E-state index contributed by atoms with van der Waals surface area (Å²) < 4.78 is 6.45. The van der Waals surface area contributed by atoms with Crippen molar-refractivity contribution in [1.82, 2.24) is 15.2 Å². The predicted octanol–water partition coefficient (Wildman–Crippen LogP) is 3.06. The lowest BCUT2D eigenvalue weighted by atomic mass is 10.1. The molecule has 28 heavy (non-hydrogen) atoms. The Morgan fingerprint density at radius 3 is 2.64 bits per heavy atom. The minimum atomic E-state index is -0.136. The van der Waals surface area contributed by atoms with E-state index in [1.165, 1.54) is 5.56 Å². The third-order valence-electron chi connectivity index (χ3n) is 4.27. The largest absolute Gasteiger partial charge is 0.394 e. The van der Waals surface area contributed by atoms with Gasteiger partial charge in [-0.05, 0) is 24.1 Å². The fourth-order valence-corrected chi connectivity index (χ4v) is 3.73. The Balaban J connectivity index is 1.56. The molecule has 1 heterocycles. The van der Waals surface area contributed by atoms with Crippen molar-refractivity contribution in [3.63, 3.8) is 0 Å². The second-order valence-electron chi connectivity index (χ2n) is 6.29. The Hall–Kier alpha value is -2.48. The number of rotatable bonds is 10. The smallest absolute Gasteiger partial charge is 0.317 e. The van der Waals surface area contributed by atoms with Crippen LogP contribution in [0.25, 0.3) is 10.2 Å². The van der Waals surface area contributed by atoms with Crippen LogP contribution in [0.1, 0.15) is 10.6 Å². The molecule has 3 rings (SSSR count). The monoisotopic (exact) mass is 399 g/mol. The summed E-state index contributed by atoms with van der Waals surface area (Å²) in [5.41, 5.74) is 2.14. The molecule has 0 aliphatic rings. The van der Waals surface area contributed by atoms with E-state index in [1.807, 2.05) is 42.5 Å². The van der Waals surface area contributed by atoms with Gasteiger partial charge in [-0.3, -0.25) is 0 Å². The van der Waals surface area contributed by atoms with E-state index < -0.39 is 0 Å². The number of fused-ring (bicyclic) bond motifs is 1. The van der Waals surface area contributed by atoms with Gasteiger partial charge in [-0.2, -0.15) is 0 Å². The molecule has 0 saturated carbocycles. The van der Waals surface area contributed by atoms with E-state index in [1.54, 1.807) is 16.2 Å². The highest BCUT2D eigenvalue weighted by molar-refractivity contribution is 7.18. The zero-order valence-electron chi connectivity index (χ0n) is 15.7. The number of hydrogen-bond acceptors (Lipinski definition) is 5. The number of thiazole rings is 1. The maximum absolute atomic E-state index is 12.7. The van der Waals surface area contributed by atoms with Crippen LogP contribution in [0.4, 0.5) is 4.79 Å². The summed E-state index contributed by atoms with van der Waals surface area (Å²) >= 11 is 1.59. The Labute approximate surface area is 168 Å². The molecule has 0 fully saturated rings. The molecule has 0 aliphatic heterocycles. The first kappa shape index (κ1) is 20.3. The van der Waals surface area contributed by atoms with Gasteiger partial charge in [-0.15, -0.1) is 11.3 Å². The minimum absolute atomic E-state index is 0.0200. The van der Waals surface area contributed by atoms with Gasteiger partial charge in [-0.1, -0.05) is 42.5 Å². The van der Waals surface area contributed by atoms with E-state index >= 15 is 0 Å². The van der Waals surface area contributed by atoms with Gasteiger partial charge in [0.25, 0.3) is 0 Å². The molecule has 2 aromatic carbocycles. The van der Waals surface area contributed by atoms with Crippen molar-refractivity contribution >= 4 is 27.6 Å². The Kier molecular flexibility index (Phi) is 7.78. The summed E-state index contributed by atoms with van der Waals surface area (Å²) in [4.78, 5) is 19.0. The molecule has 148 valence electrons. The van der Waals surface area contributed by atoms with Crippen LogP contribution in [0.5, 0.6) is 0 Å². The molecule has 0 atom stereocenters. The zero-order valence-corrected chi connectivity index (χ0v) is 16.5. The number of aliphatic hydroxyl groups excluding tert-OH is 1. The molecular formula is C21H25N3O3S. The first-order valence-electron chi connectivity index (χ1n) is 9.36. The quantitative estimate of drug-likeness (QED) is 0.514. The second kappa shape index (κ2) is 10.8. The molecule has 0 saturated heterocycles. The first-order chi connectivity index (χ1) is 13.8.